The Labute approximate surface area is 156 Å². The highest BCUT2D eigenvalue weighted by Gasteiger charge is 2.22. The Hall–Kier alpha value is -2.61. The predicted molar refractivity (Wildman–Crippen MR) is 101 cm³/mol. The van der Waals surface area contributed by atoms with E-state index in [2.05, 4.69) is 15.2 Å². The fourth-order valence-corrected chi connectivity index (χ4v) is 2.60. The number of benzene rings is 1. The number of hydrogen-bond acceptors (Lipinski definition) is 5. The van der Waals surface area contributed by atoms with Gasteiger partial charge in [0.25, 0.3) is 5.69 Å². The van der Waals surface area contributed by atoms with Crippen molar-refractivity contribution in [1.82, 2.24) is 10.2 Å². The Bertz CT molecular complexity index is 794. The molecule has 140 valence electrons. The molecule has 9 heteroatoms. The van der Waals surface area contributed by atoms with Crippen molar-refractivity contribution in [2.24, 2.45) is 10.7 Å². The van der Waals surface area contributed by atoms with Crippen LogP contribution in [0.25, 0.3) is 0 Å². The summed E-state index contributed by atoms with van der Waals surface area (Å²) in [6.45, 7) is 6.49. The van der Waals surface area contributed by atoms with Gasteiger partial charge in [-0.05, 0) is 18.6 Å². The van der Waals surface area contributed by atoms with Gasteiger partial charge in [-0.25, -0.2) is 4.99 Å². The highest BCUT2D eigenvalue weighted by molar-refractivity contribution is 6.33. The van der Waals surface area contributed by atoms with Crippen molar-refractivity contribution in [3.63, 3.8) is 0 Å². The Morgan fingerprint density at radius 1 is 1.38 bits per heavy atom. The quantitative estimate of drug-likeness (QED) is 0.246. The van der Waals surface area contributed by atoms with E-state index in [1.165, 1.54) is 12.1 Å². The van der Waals surface area contributed by atoms with Gasteiger partial charge < -0.3 is 10.5 Å². The zero-order valence-corrected chi connectivity index (χ0v) is 15.7. The monoisotopic (exact) mass is 379 g/mol. The Morgan fingerprint density at radius 2 is 2.04 bits per heavy atom. The highest BCUT2D eigenvalue weighted by Crippen LogP contribution is 2.33. The van der Waals surface area contributed by atoms with Gasteiger partial charge in [0.15, 0.2) is 5.82 Å². The first kappa shape index (κ1) is 19.7. The molecule has 0 saturated heterocycles. The standard InChI is InChI=1S/C17H22ClN5O3/c1-17(2,3)15-14(18)16(22-21-15)20-13(19)5-4-10-26-12-8-6-11(7-9-12)23(24)25/h6-9H,4-5,10H2,1-3H3,(H3,19,20,21,22). The minimum Gasteiger partial charge on any atom is -0.494 e. The van der Waals surface area contributed by atoms with Crippen molar-refractivity contribution in [3.8, 4) is 5.75 Å². The van der Waals surface area contributed by atoms with Gasteiger partial charge in [0.2, 0.25) is 0 Å². The third-order valence-electron chi connectivity index (χ3n) is 3.58. The van der Waals surface area contributed by atoms with Crippen LogP contribution in [0.2, 0.25) is 5.02 Å². The van der Waals surface area contributed by atoms with E-state index in [4.69, 9.17) is 22.1 Å². The lowest BCUT2D eigenvalue weighted by Crippen LogP contribution is -2.13. The van der Waals surface area contributed by atoms with Crippen LogP contribution in [-0.4, -0.2) is 27.6 Å². The van der Waals surface area contributed by atoms with E-state index in [0.717, 1.165) is 5.69 Å². The maximum absolute atomic E-state index is 10.6. The van der Waals surface area contributed by atoms with Crippen LogP contribution in [0.3, 0.4) is 0 Å². The maximum Gasteiger partial charge on any atom is 0.269 e. The number of nitro benzene ring substituents is 1. The summed E-state index contributed by atoms with van der Waals surface area (Å²) in [6.07, 6.45) is 1.15. The van der Waals surface area contributed by atoms with E-state index in [-0.39, 0.29) is 11.1 Å². The molecule has 2 aromatic rings. The summed E-state index contributed by atoms with van der Waals surface area (Å²) in [5, 5.41) is 18.1. The summed E-state index contributed by atoms with van der Waals surface area (Å²) in [4.78, 5) is 14.4. The Balaban J connectivity index is 1.85. The van der Waals surface area contributed by atoms with Crippen LogP contribution in [-0.2, 0) is 5.41 Å². The predicted octanol–water partition coefficient (Wildman–Crippen LogP) is 4.12. The minimum absolute atomic E-state index is 0.0271. The molecule has 0 atom stereocenters. The first-order chi connectivity index (χ1) is 12.2. The van der Waals surface area contributed by atoms with Crippen LogP contribution in [0.1, 0.15) is 39.3 Å². The van der Waals surface area contributed by atoms with Crippen LogP contribution in [0, 0.1) is 10.1 Å². The molecule has 1 heterocycles. The number of amidine groups is 1. The fourth-order valence-electron chi connectivity index (χ4n) is 2.19. The number of aromatic nitrogens is 2. The van der Waals surface area contributed by atoms with Crippen molar-refractivity contribution in [2.45, 2.75) is 39.0 Å². The number of hydrogen-bond donors (Lipinski definition) is 2. The molecule has 0 aliphatic heterocycles. The molecule has 0 aliphatic rings. The van der Waals surface area contributed by atoms with E-state index in [1.54, 1.807) is 12.1 Å². The number of nitro groups is 1. The maximum atomic E-state index is 10.6. The van der Waals surface area contributed by atoms with Gasteiger partial charge in [-0.2, -0.15) is 5.10 Å². The van der Waals surface area contributed by atoms with Crippen molar-refractivity contribution in [1.29, 1.82) is 0 Å². The van der Waals surface area contributed by atoms with Crippen LogP contribution >= 0.6 is 11.6 Å². The summed E-state index contributed by atoms with van der Waals surface area (Å²) in [5.74, 6) is 1.35. The van der Waals surface area contributed by atoms with Gasteiger partial charge in [-0.1, -0.05) is 32.4 Å². The number of nitrogens with two attached hydrogens (primary N) is 1. The number of nitrogens with one attached hydrogen (secondary N) is 1. The molecule has 0 spiro atoms. The second kappa shape index (κ2) is 8.18. The lowest BCUT2D eigenvalue weighted by molar-refractivity contribution is -0.384. The molecule has 1 aromatic heterocycles. The zero-order chi connectivity index (χ0) is 19.3. The Kier molecular flexibility index (Phi) is 6.20. The second-order valence-corrected chi connectivity index (χ2v) is 7.17. The number of non-ortho nitro benzene ring substituents is 1. The molecular formula is C17H22ClN5O3. The molecule has 2 rings (SSSR count). The average molecular weight is 380 g/mol. The van der Waals surface area contributed by atoms with Gasteiger partial charge >= 0.3 is 0 Å². The molecule has 3 N–H and O–H groups in total. The van der Waals surface area contributed by atoms with Crippen molar-refractivity contribution in [3.05, 3.63) is 45.1 Å². The minimum atomic E-state index is -0.452. The van der Waals surface area contributed by atoms with Crippen molar-refractivity contribution < 1.29 is 9.66 Å². The van der Waals surface area contributed by atoms with E-state index >= 15 is 0 Å². The van der Waals surface area contributed by atoms with Crippen molar-refractivity contribution >= 4 is 28.9 Å². The van der Waals surface area contributed by atoms with E-state index < -0.39 is 4.92 Å². The number of aromatic amines is 1. The molecule has 8 nitrogen and oxygen atoms in total. The van der Waals surface area contributed by atoms with Gasteiger partial charge in [-0.3, -0.25) is 15.2 Å². The second-order valence-electron chi connectivity index (χ2n) is 6.79. The first-order valence-electron chi connectivity index (χ1n) is 8.13. The molecule has 0 saturated carbocycles. The van der Waals surface area contributed by atoms with Crippen LogP contribution in [0.15, 0.2) is 29.3 Å². The van der Waals surface area contributed by atoms with E-state index in [9.17, 15) is 10.1 Å². The van der Waals surface area contributed by atoms with E-state index in [0.29, 0.717) is 41.9 Å². The SMILES string of the molecule is CC(C)(C)c1[nH]nc(N=C(N)CCCOc2ccc([N+](=O)[O-])cc2)c1Cl. The molecule has 0 radical (unpaired) electrons. The average Bonchev–Trinajstić information content (AvgIpc) is 2.93. The van der Waals surface area contributed by atoms with Gasteiger partial charge in [0, 0.05) is 24.0 Å². The summed E-state index contributed by atoms with van der Waals surface area (Å²) in [5.41, 5.74) is 6.61. The fraction of sp³-hybridized carbons (Fsp3) is 0.412. The number of halogens is 1. The van der Waals surface area contributed by atoms with Gasteiger partial charge in [0.1, 0.15) is 16.6 Å². The number of rotatable bonds is 7. The Morgan fingerprint density at radius 3 is 2.58 bits per heavy atom. The molecule has 0 amide bonds. The molecule has 0 aliphatic carbocycles. The molecule has 0 fully saturated rings. The molecule has 0 bridgehead atoms. The number of aliphatic imine (C=N–C) groups is 1. The number of H-pyrrole nitrogens is 1. The smallest absolute Gasteiger partial charge is 0.269 e. The largest absolute Gasteiger partial charge is 0.494 e. The zero-order valence-electron chi connectivity index (χ0n) is 15.0. The van der Waals surface area contributed by atoms with E-state index in [1.807, 2.05) is 20.8 Å². The van der Waals surface area contributed by atoms with Gasteiger partial charge in [0.05, 0.1) is 17.2 Å². The van der Waals surface area contributed by atoms with Crippen molar-refractivity contribution in [2.75, 3.05) is 6.61 Å². The lowest BCUT2D eigenvalue weighted by atomic mass is 9.92. The molecule has 26 heavy (non-hydrogen) atoms. The number of ether oxygens (including phenoxy) is 1. The highest BCUT2D eigenvalue weighted by atomic mass is 35.5. The first-order valence-corrected chi connectivity index (χ1v) is 8.51. The number of nitrogens with zero attached hydrogens (tertiary/aromatic N) is 3. The molecular weight excluding hydrogens is 358 g/mol. The summed E-state index contributed by atoms with van der Waals surface area (Å²) < 4.78 is 5.53. The lowest BCUT2D eigenvalue weighted by Gasteiger charge is -2.15. The normalized spacial score (nSPS) is 12.2. The summed E-state index contributed by atoms with van der Waals surface area (Å²) >= 11 is 6.30. The summed E-state index contributed by atoms with van der Waals surface area (Å²) in [7, 11) is 0. The topological polar surface area (TPSA) is 119 Å². The molecule has 0 unspecified atom stereocenters. The third kappa shape index (κ3) is 5.19. The third-order valence-corrected chi connectivity index (χ3v) is 3.94. The van der Waals surface area contributed by atoms with Crippen LogP contribution in [0.5, 0.6) is 5.75 Å². The van der Waals surface area contributed by atoms with Crippen LogP contribution in [0.4, 0.5) is 11.5 Å². The summed E-state index contributed by atoms with van der Waals surface area (Å²) in [6, 6.07) is 5.93. The van der Waals surface area contributed by atoms with Gasteiger partial charge in [-0.15, -0.1) is 0 Å². The van der Waals surface area contributed by atoms with Crippen LogP contribution < -0.4 is 10.5 Å². The molecule has 1 aromatic carbocycles.